The van der Waals surface area contributed by atoms with Gasteiger partial charge in [0, 0.05) is 17.1 Å². The molecule has 2 rings (SSSR count). The lowest BCUT2D eigenvalue weighted by Crippen LogP contribution is -2.27. The minimum Gasteiger partial charge on any atom is -0.444 e. The monoisotopic (exact) mass is 356 g/mol. The molecule has 1 amide bonds. The molecule has 0 unspecified atom stereocenters. The molecule has 2 N–H and O–H groups in total. The topological polar surface area (TPSA) is 50.4 Å². The second-order valence-corrected chi connectivity index (χ2v) is 7.68. The van der Waals surface area contributed by atoms with Gasteiger partial charge in [0.1, 0.15) is 11.4 Å². The van der Waals surface area contributed by atoms with Gasteiger partial charge in [-0.2, -0.15) is 0 Å². The summed E-state index contributed by atoms with van der Waals surface area (Å²) in [7, 11) is 0. The molecule has 4 nitrogen and oxygen atoms in total. The Hall–Kier alpha value is -1.79. The number of hydrogen-bond acceptors (Lipinski definition) is 4. The Bertz CT molecular complexity index is 698. The summed E-state index contributed by atoms with van der Waals surface area (Å²) in [5.74, 6) is -0.401. The highest BCUT2D eigenvalue weighted by Gasteiger charge is 2.16. The number of benzene rings is 1. The van der Waals surface area contributed by atoms with Gasteiger partial charge in [0.15, 0.2) is 0 Å². The molecule has 0 saturated carbocycles. The van der Waals surface area contributed by atoms with Crippen molar-refractivity contribution < 1.29 is 13.9 Å². The summed E-state index contributed by atoms with van der Waals surface area (Å²) in [6.45, 7) is 5.77. The van der Waals surface area contributed by atoms with Crippen LogP contribution in [0.4, 0.5) is 20.6 Å². The van der Waals surface area contributed by atoms with E-state index in [-0.39, 0.29) is 0 Å². The van der Waals surface area contributed by atoms with E-state index < -0.39 is 17.5 Å². The Morgan fingerprint density at radius 2 is 2.04 bits per heavy atom. The van der Waals surface area contributed by atoms with Crippen LogP contribution in [0.5, 0.6) is 0 Å². The lowest BCUT2D eigenvalue weighted by Gasteiger charge is -2.20. The minimum atomic E-state index is -0.594. The van der Waals surface area contributed by atoms with E-state index in [9.17, 15) is 9.18 Å². The van der Waals surface area contributed by atoms with Crippen LogP contribution in [0.3, 0.4) is 0 Å². The number of carbonyl (C=O) groups excluding carboxylic acids is 1. The zero-order valence-electron chi connectivity index (χ0n) is 13.1. The molecule has 0 bridgehead atoms. The third-order valence-electron chi connectivity index (χ3n) is 2.69. The summed E-state index contributed by atoms with van der Waals surface area (Å²) >= 11 is 7.29. The molecule has 23 heavy (non-hydrogen) atoms. The minimum absolute atomic E-state index is 0.295. The number of anilines is 2. The molecule has 124 valence electrons. The zero-order valence-corrected chi connectivity index (χ0v) is 14.6. The van der Waals surface area contributed by atoms with Gasteiger partial charge >= 0.3 is 6.09 Å². The molecule has 7 heteroatoms. The summed E-state index contributed by atoms with van der Waals surface area (Å²) in [4.78, 5) is 12.7. The first-order valence-electron chi connectivity index (χ1n) is 7.00. The molecule has 0 spiro atoms. The maximum absolute atomic E-state index is 13.9. The number of amides is 1. The van der Waals surface area contributed by atoms with Gasteiger partial charge in [0.2, 0.25) is 0 Å². The predicted molar refractivity (Wildman–Crippen MR) is 92.9 cm³/mol. The van der Waals surface area contributed by atoms with Crippen LogP contribution in [-0.2, 0) is 11.3 Å². The normalized spacial score (nSPS) is 11.2. The fourth-order valence-corrected chi connectivity index (χ4v) is 2.82. The molecule has 0 aliphatic carbocycles. The van der Waals surface area contributed by atoms with E-state index in [0.717, 1.165) is 4.88 Å². The van der Waals surface area contributed by atoms with Crippen molar-refractivity contribution in [3.05, 3.63) is 45.4 Å². The summed E-state index contributed by atoms with van der Waals surface area (Å²) in [6.07, 6.45) is -0.583. The van der Waals surface area contributed by atoms with Gasteiger partial charge in [-0.3, -0.25) is 5.32 Å². The highest BCUT2D eigenvalue weighted by atomic mass is 35.5. The van der Waals surface area contributed by atoms with E-state index in [4.69, 9.17) is 16.3 Å². The molecule has 1 heterocycles. The third kappa shape index (κ3) is 5.73. The second-order valence-electron chi connectivity index (χ2n) is 5.88. The summed E-state index contributed by atoms with van der Waals surface area (Å²) in [5, 5.41) is 5.57. The van der Waals surface area contributed by atoms with Crippen LogP contribution in [0.25, 0.3) is 0 Å². The van der Waals surface area contributed by atoms with Crippen LogP contribution in [0.2, 0.25) is 4.34 Å². The van der Waals surface area contributed by atoms with E-state index in [0.29, 0.717) is 22.3 Å². The Morgan fingerprint density at radius 3 is 2.65 bits per heavy atom. The molecular formula is C16H18ClFN2O2S. The fraction of sp³-hybridized carbons (Fsp3) is 0.312. The van der Waals surface area contributed by atoms with E-state index >= 15 is 0 Å². The maximum atomic E-state index is 13.9. The highest BCUT2D eigenvalue weighted by molar-refractivity contribution is 7.16. The van der Waals surface area contributed by atoms with Gasteiger partial charge in [-0.15, -0.1) is 11.3 Å². The number of halogens is 2. The van der Waals surface area contributed by atoms with Gasteiger partial charge in [0.05, 0.1) is 10.0 Å². The molecule has 0 saturated heterocycles. The Balaban J connectivity index is 2.02. The molecule has 0 atom stereocenters. The second kappa shape index (κ2) is 7.19. The maximum Gasteiger partial charge on any atom is 0.412 e. The number of hydrogen-bond donors (Lipinski definition) is 2. The summed E-state index contributed by atoms with van der Waals surface area (Å²) in [5.41, 5.74) is 0.152. The molecular weight excluding hydrogens is 339 g/mol. The van der Waals surface area contributed by atoms with Crippen molar-refractivity contribution >= 4 is 40.4 Å². The van der Waals surface area contributed by atoms with E-state index in [1.54, 1.807) is 26.8 Å². The lowest BCUT2D eigenvalue weighted by molar-refractivity contribution is 0.0636. The standard InChI is InChI=1S/C16H18ClFN2O2S/c1-16(2,3)22-15(21)20-10-4-6-12(18)13(8-10)19-9-11-5-7-14(17)23-11/h4-8,19H,9H2,1-3H3,(H,20,21). The van der Waals surface area contributed by atoms with Crippen LogP contribution in [0.1, 0.15) is 25.6 Å². The van der Waals surface area contributed by atoms with Crippen molar-refractivity contribution in [2.75, 3.05) is 10.6 Å². The van der Waals surface area contributed by atoms with Crippen LogP contribution >= 0.6 is 22.9 Å². The Labute approximate surface area is 143 Å². The van der Waals surface area contributed by atoms with Gasteiger partial charge in [-0.1, -0.05) is 11.6 Å². The quantitative estimate of drug-likeness (QED) is 0.760. The van der Waals surface area contributed by atoms with Crippen molar-refractivity contribution in [1.29, 1.82) is 0 Å². The van der Waals surface area contributed by atoms with Crippen LogP contribution in [-0.4, -0.2) is 11.7 Å². The fourth-order valence-electron chi connectivity index (χ4n) is 1.79. The average Bonchev–Trinajstić information content (AvgIpc) is 2.83. The van der Waals surface area contributed by atoms with Crippen molar-refractivity contribution in [1.82, 2.24) is 0 Å². The molecule has 0 aliphatic rings. The molecule has 2 aromatic rings. The molecule has 0 radical (unpaired) electrons. The van der Waals surface area contributed by atoms with Gasteiger partial charge in [0.25, 0.3) is 0 Å². The number of nitrogens with one attached hydrogen (secondary N) is 2. The van der Waals surface area contributed by atoms with Crippen molar-refractivity contribution in [2.24, 2.45) is 0 Å². The number of ether oxygens (including phenoxy) is 1. The zero-order chi connectivity index (χ0) is 17.0. The van der Waals surface area contributed by atoms with Crippen LogP contribution in [0, 0.1) is 5.82 Å². The number of thiophene rings is 1. The first-order valence-corrected chi connectivity index (χ1v) is 8.20. The molecule has 0 aliphatic heterocycles. The largest absolute Gasteiger partial charge is 0.444 e. The summed E-state index contributed by atoms with van der Waals surface area (Å²) in [6, 6.07) is 7.96. The Kier molecular flexibility index (Phi) is 5.49. The first kappa shape index (κ1) is 17.6. The van der Waals surface area contributed by atoms with Crippen molar-refractivity contribution in [3.8, 4) is 0 Å². The third-order valence-corrected chi connectivity index (χ3v) is 3.92. The van der Waals surface area contributed by atoms with Crippen molar-refractivity contribution in [3.63, 3.8) is 0 Å². The smallest absolute Gasteiger partial charge is 0.412 e. The SMILES string of the molecule is CC(C)(C)OC(=O)Nc1ccc(F)c(NCc2ccc(Cl)s2)c1. The predicted octanol–water partition coefficient (Wildman–Crippen LogP) is 5.50. The Morgan fingerprint density at radius 1 is 1.30 bits per heavy atom. The average molecular weight is 357 g/mol. The first-order chi connectivity index (χ1) is 10.7. The molecule has 1 aromatic carbocycles. The van der Waals surface area contributed by atoms with Gasteiger partial charge < -0.3 is 10.1 Å². The lowest BCUT2D eigenvalue weighted by atomic mass is 10.2. The molecule has 0 fully saturated rings. The van der Waals surface area contributed by atoms with Crippen LogP contribution < -0.4 is 10.6 Å². The van der Waals surface area contributed by atoms with E-state index in [1.807, 2.05) is 6.07 Å². The van der Waals surface area contributed by atoms with Crippen molar-refractivity contribution in [2.45, 2.75) is 32.9 Å². The molecule has 1 aromatic heterocycles. The number of rotatable bonds is 4. The summed E-state index contributed by atoms with van der Waals surface area (Å²) < 4.78 is 19.7. The van der Waals surface area contributed by atoms with E-state index in [1.165, 1.54) is 29.5 Å². The highest BCUT2D eigenvalue weighted by Crippen LogP contribution is 2.24. The van der Waals surface area contributed by atoms with E-state index in [2.05, 4.69) is 10.6 Å². The van der Waals surface area contributed by atoms with Gasteiger partial charge in [-0.25, -0.2) is 9.18 Å². The van der Waals surface area contributed by atoms with Gasteiger partial charge in [-0.05, 0) is 51.1 Å². The van der Waals surface area contributed by atoms with Crippen LogP contribution in [0.15, 0.2) is 30.3 Å². The number of carbonyl (C=O) groups is 1.